The van der Waals surface area contributed by atoms with Crippen LogP contribution >= 0.6 is 0 Å². The van der Waals surface area contributed by atoms with E-state index in [0.717, 1.165) is 6.07 Å². The fourth-order valence-corrected chi connectivity index (χ4v) is 4.67. The Morgan fingerprint density at radius 2 is 1.67 bits per heavy atom. The van der Waals surface area contributed by atoms with Crippen molar-refractivity contribution < 1.29 is 22.8 Å². The number of nitrogens with zero attached hydrogens (tertiary/aromatic N) is 5. The first-order valence-corrected chi connectivity index (χ1v) is 10.7. The van der Waals surface area contributed by atoms with Gasteiger partial charge in [-0.2, -0.15) is 28.6 Å². The van der Waals surface area contributed by atoms with Gasteiger partial charge in [0.1, 0.15) is 16.7 Å². The standard InChI is InChI=1S/C22H21F3N6O2/c23-22(24,25)19-5-1-13(8-26-19)2-6-20(32)30-9-15-11-31(12-16(15)10-30)21(33)14-3-4-17-18(7-14)28-29-27-17/h1,3-5,7-8,15-16H,2,6,9-12H2,(H,27,28,29)/t15-,16-/m0/s1. The maximum absolute atomic E-state index is 12.9. The van der Waals surface area contributed by atoms with E-state index in [1.165, 1.54) is 12.3 Å². The number of halogens is 3. The van der Waals surface area contributed by atoms with Gasteiger partial charge in [-0.1, -0.05) is 6.07 Å². The first-order chi connectivity index (χ1) is 15.8. The molecule has 0 radical (unpaired) electrons. The number of benzene rings is 1. The summed E-state index contributed by atoms with van der Waals surface area (Å²) in [5, 5.41) is 10.6. The molecule has 0 unspecified atom stereocenters. The number of carbonyl (C=O) groups excluding carboxylic acids is 2. The van der Waals surface area contributed by atoms with Crippen molar-refractivity contribution in [3.8, 4) is 0 Å². The van der Waals surface area contributed by atoms with E-state index in [1.54, 1.807) is 23.1 Å². The van der Waals surface area contributed by atoms with Gasteiger partial charge in [0.15, 0.2) is 0 Å². The molecule has 33 heavy (non-hydrogen) atoms. The van der Waals surface area contributed by atoms with E-state index in [0.29, 0.717) is 54.8 Å². The normalized spacial score (nSPS) is 20.5. The summed E-state index contributed by atoms with van der Waals surface area (Å²) in [6.07, 6.45) is -2.74. The highest BCUT2D eigenvalue weighted by molar-refractivity contribution is 5.97. The molecule has 0 bridgehead atoms. The van der Waals surface area contributed by atoms with Crippen LogP contribution in [0, 0.1) is 11.8 Å². The van der Waals surface area contributed by atoms with Crippen LogP contribution in [0.1, 0.15) is 28.0 Å². The molecule has 4 heterocycles. The summed E-state index contributed by atoms with van der Waals surface area (Å²) in [7, 11) is 0. The van der Waals surface area contributed by atoms with E-state index in [9.17, 15) is 22.8 Å². The summed E-state index contributed by atoms with van der Waals surface area (Å²) in [5.41, 5.74) is 1.56. The number of alkyl halides is 3. The molecule has 0 spiro atoms. The summed E-state index contributed by atoms with van der Waals surface area (Å²) >= 11 is 0. The molecule has 2 aliphatic heterocycles. The van der Waals surface area contributed by atoms with Crippen LogP contribution in [0.15, 0.2) is 36.5 Å². The van der Waals surface area contributed by atoms with Crippen molar-refractivity contribution in [2.45, 2.75) is 19.0 Å². The van der Waals surface area contributed by atoms with Crippen molar-refractivity contribution in [1.29, 1.82) is 0 Å². The Morgan fingerprint density at radius 3 is 2.33 bits per heavy atom. The molecule has 1 N–H and O–H groups in total. The fraction of sp³-hybridized carbons (Fsp3) is 0.409. The SMILES string of the molecule is O=C(CCc1ccc(C(F)(F)F)nc1)N1C[C@H]2CN(C(=O)c3ccc4n[nH]nc4c3)C[C@@H]2C1. The number of nitrogens with one attached hydrogen (secondary N) is 1. The smallest absolute Gasteiger partial charge is 0.342 e. The van der Waals surface area contributed by atoms with E-state index in [1.807, 2.05) is 4.90 Å². The number of aromatic amines is 1. The Kier molecular flexibility index (Phi) is 5.26. The van der Waals surface area contributed by atoms with Gasteiger partial charge in [-0.3, -0.25) is 14.6 Å². The molecule has 1 aromatic carbocycles. The molecule has 8 nitrogen and oxygen atoms in total. The van der Waals surface area contributed by atoms with Gasteiger partial charge in [0, 0.05) is 56.2 Å². The number of H-pyrrole nitrogens is 1. The molecule has 2 amide bonds. The van der Waals surface area contributed by atoms with Gasteiger partial charge < -0.3 is 9.80 Å². The van der Waals surface area contributed by atoms with E-state index >= 15 is 0 Å². The molecule has 3 aromatic rings. The molecular formula is C22H21F3N6O2. The molecule has 2 fully saturated rings. The first-order valence-electron chi connectivity index (χ1n) is 10.7. The second-order valence-electron chi connectivity index (χ2n) is 8.61. The molecule has 5 rings (SSSR count). The fourth-order valence-electron chi connectivity index (χ4n) is 4.67. The van der Waals surface area contributed by atoms with E-state index in [4.69, 9.17) is 0 Å². The van der Waals surface area contributed by atoms with Gasteiger partial charge in [0.25, 0.3) is 5.91 Å². The largest absolute Gasteiger partial charge is 0.433 e. The Morgan fingerprint density at radius 1 is 0.970 bits per heavy atom. The van der Waals surface area contributed by atoms with Crippen LogP contribution in [0.3, 0.4) is 0 Å². The average Bonchev–Trinajstić information content (AvgIpc) is 3.50. The van der Waals surface area contributed by atoms with Gasteiger partial charge >= 0.3 is 6.18 Å². The lowest BCUT2D eigenvalue weighted by molar-refractivity contribution is -0.141. The first kappa shape index (κ1) is 21.4. The zero-order chi connectivity index (χ0) is 23.2. The average molecular weight is 458 g/mol. The number of hydrogen-bond donors (Lipinski definition) is 1. The van der Waals surface area contributed by atoms with Crippen LogP contribution in [0.4, 0.5) is 13.2 Å². The highest BCUT2D eigenvalue weighted by Crippen LogP contribution is 2.32. The number of aryl methyl sites for hydroxylation is 1. The molecule has 0 aliphatic carbocycles. The highest BCUT2D eigenvalue weighted by atomic mass is 19.4. The summed E-state index contributed by atoms with van der Waals surface area (Å²) in [5.74, 6) is 0.364. The van der Waals surface area contributed by atoms with E-state index in [2.05, 4.69) is 20.4 Å². The highest BCUT2D eigenvalue weighted by Gasteiger charge is 2.43. The van der Waals surface area contributed by atoms with Crippen LogP contribution in [-0.4, -0.2) is 68.2 Å². The zero-order valence-corrected chi connectivity index (χ0v) is 17.5. The monoisotopic (exact) mass is 458 g/mol. The number of likely N-dealkylation sites (tertiary alicyclic amines) is 2. The lowest BCUT2D eigenvalue weighted by atomic mass is 10.0. The Balaban J connectivity index is 1.13. The lowest BCUT2D eigenvalue weighted by Gasteiger charge is -2.22. The van der Waals surface area contributed by atoms with Crippen LogP contribution in [0.5, 0.6) is 0 Å². The second-order valence-corrected chi connectivity index (χ2v) is 8.61. The number of rotatable bonds is 4. The molecule has 2 atom stereocenters. The van der Waals surface area contributed by atoms with E-state index < -0.39 is 11.9 Å². The summed E-state index contributed by atoms with van der Waals surface area (Å²) in [4.78, 5) is 32.6. The summed E-state index contributed by atoms with van der Waals surface area (Å²) < 4.78 is 37.9. The van der Waals surface area contributed by atoms with E-state index in [-0.39, 0.29) is 30.1 Å². The molecule has 172 valence electrons. The Labute approximate surface area is 186 Å². The van der Waals surface area contributed by atoms with Crippen molar-refractivity contribution in [3.05, 3.63) is 53.3 Å². The minimum absolute atomic E-state index is 0.0290. The molecule has 2 saturated heterocycles. The third-order valence-corrected chi connectivity index (χ3v) is 6.43. The van der Waals surface area contributed by atoms with Crippen molar-refractivity contribution in [2.24, 2.45) is 11.8 Å². The van der Waals surface area contributed by atoms with Crippen LogP contribution in [0.25, 0.3) is 11.0 Å². The number of aromatic nitrogens is 4. The molecule has 11 heteroatoms. The van der Waals surface area contributed by atoms with Crippen LogP contribution in [0.2, 0.25) is 0 Å². The van der Waals surface area contributed by atoms with Crippen molar-refractivity contribution in [2.75, 3.05) is 26.2 Å². The maximum atomic E-state index is 12.9. The maximum Gasteiger partial charge on any atom is 0.433 e. The number of pyridine rings is 1. The minimum atomic E-state index is -4.47. The minimum Gasteiger partial charge on any atom is -0.342 e. The molecule has 0 saturated carbocycles. The molecular weight excluding hydrogens is 437 g/mol. The summed E-state index contributed by atoms with van der Waals surface area (Å²) in [6, 6.07) is 7.53. The molecule has 2 aliphatic rings. The van der Waals surface area contributed by atoms with Gasteiger partial charge in [-0.15, -0.1) is 0 Å². The van der Waals surface area contributed by atoms with Crippen molar-refractivity contribution in [3.63, 3.8) is 0 Å². The lowest BCUT2D eigenvalue weighted by Crippen LogP contribution is -2.35. The van der Waals surface area contributed by atoms with Gasteiger partial charge in [-0.05, 0) is 36.2 Å². The van der Waals surface area contributed by atoms with Gasteiger partial charge in [-0.25, -0.2) is 0 Å². The van der Waals surface area contributed by atoms with Crippen molar-refractivity contribution in [1.82, 2.24) is 30.2 Å². The Hall–Kier alpha value is -3.50. The predicted octanol–water partition coefficient (Wildman–Crippen LogP) is 2.53. The third kappa shape index (κ3) is 4.27. The zero-order valence-electron chi connectivity index (χ0n) is 17.5. The van der Waals surface area contributed by atoms with Crippen LogP contribution in [-0.2, 0) is 17.4 Å². The number of hydrogen-bond acceptors (Lipinski definition) is 5. The Bertz CT molecular complexity index is 1180. The van der Waals surface area contributed by atoms with Gasteiger partial charge in [0.05, 0.1) is 0 Å². The summed E-state index contributed by atoms with van der Waals surface area (Å²) in [6.45, 7) is 2.35. The molecule has 2 aromatic heterocycles. The number of carbonyl (C=O) groups is 2. The number of amides is 2. The number of fused-ring (bicyclic) bond motifs is 2. The van der Waals surface area contributed by atoms with Crippen LogP contribution < -0.4 is 0 Å². The predicted molar refractivity (Wildman–Crippen MR) is 111 cm³/mol. The second kappa shape index (κ2) is 8.13. The quantitative estimate of drug-likeness (QED) is 0.649. The third-order valence-electron chi connectivity index (χ3n) is 6.43. The van der Waals surface area contributed by atoms with Crippen molar-refractivity contribution >= 4 is 22.8 Å². The van der Waals surface area contributed by atoms with Gasteiger partial charge in [0.2, 0.25) is 5.91 Å². The topological polar surface area (TPSA) is 95.1 Å².